The van der Waals surface area contributed by atoms with Crippen LogP contribution in [0.25, 0.3) is 82.7 Å². The molecule has 2 heterocycles. The lowest BCUT2D eigenvalue weighted by atomic mass is 9.91. The molecule has 0 saturated carbocycles. The number of hydrogen-bond donors (Lipinski definition) is 0. The summed E-state index contributed by atoms with van der Waals surface area (Å²) in [4.78, 5) is 5.10. The van der Waals surface area contributed by atoms with Gasteiger partial charge in [0.1, 0.15) is 17.0 Å². The first-order valence-electron chi connectivity index (χ1n) is 14.2. The van der Waals surface area contributed by atoms with E-state index in [1.807, 2.05) is 12.1 Å². The van der Waals surface area contributed by atoms with Gasteiger partial charge in [0.05, 0.1) is 16.7 Å². The Labute approximate surface area is 241 Å². The van der Waals surface area contributed by atoms with Crippen molar-refractivity contribution in [1.82, 2.24) is 9.55 Å². The topological polar surface area (TPSA) is 31.0 Å². The highest BCUT2D eigenvalue weighted by atomic mass is 16.3. The molecule has 42 heavy (non-hydrogen) atoms. The van der Waals surface area contributed by atoms with E-state index >= 15 is 0 Å². The van der Waals surface area contributed by atoms with E-state index in [1.165, 1.54) is 16.2 Å². The lowest BCUT2D eigenvalue weighted by Gasteiger charge is -2.17. The van der Waals surface area contributed by atoms with E-state index in [4.69, 9.17) is 9.40 Å². The van der Waals surface area contributed by atoms with Crippen molar-refractivity contribution in [2.75, 3.05) is 0 Å². The van der Waals surface area contributed by atoms with E-state index in [0.717, 1.165) is 66.6 Å². The summed E-state index contributed by atoms with van der Waals surface area (Å²) >= 11 is 0. The van der Waals surface area contributed by atoms with Crippen LogP contribution in [-0.4, -0.2) is 9.55 Å². The summed E-state index contributed by atoms with van der Waals surface area (Å²) in [5.41, 5.74) is 8.35. The van der Waals surface area contributed by atoms with Gasteiger partial charge in [-0.25, -0.2) is 4.98 Å². The number of nitrogens with zero attached hydrogens (tertiary/aromatic N) is 2. The summed E-state index contributed by atoms with van der Waals surface area (Å²) in [5.74, 6) is 0.930. The molecule has 9 aromatic rings. The first-order valence-corrected chi connectivity index (χ1v) is 14.2. The Morgan fingerprint density at radius 1 is 0.524 bits per heavy atom. The first-order chi connectivity index (χ1) is 20.8. The average molecular weight is 537 g/mol. The molecule has 0 radical (unpaired) electrons. The Hall–Kier alpha value is -5.67. The molecule has 0 fully saturated rings. The second-order valence-corrected chi connectivity index (χ2v) is 10.8. The largest absolute Gasteiger partial charge is 0.455 e. The van der Waals surface area contributed by atoms with Crippen LogP contribution in [0.15, 0.2) is 150 Å². The van der Waals surface area contributed by atoms with Gasteiger partial charge in [0.25, 0.3) is 0 Å². The fourth-order valence-electron chi connectivity index (χ4n) is 6.54. The monoisotopic (exact) mass is 536 g/mol. The van der Waals surface area contributed by atoms with Crippen LogP contribution in [0.3, 0.4) is 0 Å². The minimum atomic E-state index is 0.905. The van der Waals surface area contributed by atoms with E-state index < -0.39 is 0 Å². The third kappa shape index (κ3) is 3.31. The SMILES string of the molecule is c1ccc(-c2nc3ccccc3n2-c2ccc(-c3c4ccccc4cc4c3oc3ccccc34)c3ccccc23)cc1. The van der Waals surface area contributed by atoms with E-state index in [0.29, 0.717) is 0 Å². The fraction of sp³-hybridized carbons (Fsp3) is 0. The lowest BCUT2D eigenvalue weighted by molar-refractivity contribution is 0.670. The maximum absolute atomic E-state index is 6.62. The summed E-state index contributed by atoms with van der Waals surface area (Å²) in [6, 6.07) is 51.2. The van der Waals surface area contributed by atoms with Crippen LogP contribution in [0.2, 0.25) is 0 Å². The van der Waals surface area contributed by atoms with E-state index in [-0.39, 0.29) is 0 Å². The van der Waals surface area contributed by atoms with Crippen molar-refractivity contribution in [1.29, 1.82) is 0 Å². The summed E-state index contributed by atoms with van der Waals surface area (Å²) in [6.45, 7) is 0. The molecule has 9 rings (SSSR count). The molecule has 0 aliphatic carbocycles. The van der Waals surface area contributed by atoms with Crippen LogP contribution in [0, 0.1) is 0 Å². The Morgan fingerprint density at radius 2 is 1.21 bits per heavy atom. The molecule has 0 amide bonds. The number of aromatic nitrogens is 2. The number of fused-ring (bicyclic) bond motifs is 6. The van der Waals surface area contributed by atoms with Crippen molar-refractivity contribution < 1.29 is 4.42 Å². The molecule has 0 aliphatic rings. The lowest BCUT2D eigenvalue weighted by Crippen LogP contribution is -1.99. The van der Waals surface area contributed by atoms with Crippen LogP contribution in [-0.2, 0) is 0 Å². The van der Waals surface area contributed by atoms with Crippen LogP contribution >= 0.6 is 0 Å². The van der Waals surface area contributed by atoms with Gasteiger partial charge in [-0.3, -0.25) is 4.57 Å². The molecule has 0 spiro atoms. The number of rotatable bonds is 3. The van der Waals surface area contributed by atoms with Gasteiger partial charge >= 0.3 is 0 Å². The Balaban J connectivity index is 1.40. The van der Waals surface area contributed by atoms with Gasteiger partial charge in [-0.2, -0.15) is 0 Å². The second-order valence-electron chi connectivity index (χ2n) is 10.8. The number of furan rings is 1. The third-order valence-electron chi connectivity index (χ3n) is 8.39. The predicted octanol–water partition coefficient (Wildman–Crippen LogP) is 10.6. The van der Waals surface area contributed by atoms with Gasteiger partial charge in [0.2, 0.25) is 0 Å². The van der Waals surface area contributed by atoms with Gasteiger partial charge in [0.15, 0.2) is 0 Å². The van der Waals surface area contributed by atoms with Gasteiger partial charge in [-0.1, -0.05) is 115 Å². The summed E-state index contributed by atoms with van der Waals surface area (Å²) in [6.07, 6.45) is 0. The predicted molar refractivity (Wildman–Crippen MR) is 174 cm³/mol. The summed E-state index contributed by atoms with van der Waals surface area (Å²) < 4.78 is 8.92. The average Bonchev–Trinajstić information content (AvgIpc) is 3.62. The zero-order valence-corrected chi connectivity index (χ0v) is 22.7. The van der Waals surface area contributed by atoms with Crippen molar-refractivity contribution in [2.24, 2.45) is 0 Å². The van der Waals surface area contributed by atoms with Gasteiger partial charge in [-0.05, 0) is 52.1 Å². The molecule has 3 heteroatoms. The normalized spacial score (nSPS) is 11.8. The standard InChI is InChI=1S/C39H24N2O/c1-2-12-25(13-3-1)39-40-33-19-9-10-20-35(33)41(39)34-23-22-31(28-16-6-7-17-29(28)34)37-27-15-5-4-14-26(27)24-32-30-18-8-11-21-36(30)42-38(32)37/h1-24H. The highest BCUT2D eigenvalue weighted by Crippen LogP contribution is 2.44. The minimum Gasteiger partial charge on any atom is -0.455 e. The van der Waals surface area contributed by atoms with Crippen molar-refractivity contribution in [2.45, 2.75) is 0 Å². The number of benzene rings is 7. The van der Waals surface area contributed by atoms with Crippen LogP contribution in [0.5, 0.6) is 0 Å². The zero-order chi connectivity index (χ0) is 27.6. The molecule has 196 valence electrons. The van der Waals surface area contributed by atoms with Crippen LogP contribution < -0.4 is 0 Å². The summed E-state index contributed by atoms with van der Waals surface area (Å²) in [5, 5.41) is 6.99. The molecule has 7 aromatic carbocycles. The molecule has 3 nitrogen and oxygen atoms in total. The van der Waals surface area contributed by atoms with Crippen LogP contribution in [0.1, 0.15) is 0 Å². The quantitative estimate of drug-likeness (QED) is 0.225. The number of hydrogen-bond acceptors (Lipinski definition) is 2. The highest BCUT2D eigenvalue weighted by Gasteiger charge is 2.21. The number of para-hydroxylation sites is 3. The maximum atomic E-state index is 6.62. The maximum Gasteiger partial charge on any atom is 0.145 e. The Bertz CT molecular complexity index is 2470. The highest BCUT2D eigenvalue weighted by molar-refractivity contribution is 6.21. The number of imidazole rings is 1. The molecule has 0 N–H and O–H groups in total. The van der Waals surface area contributed by atoms with Crippen LogP contribution in [0.4, 0.5) is 0 Å². The fourth-order valence-corrected chi connectivity index (χ4v) is 6.54. The second kappa shape index (κ2) is 8.92. The molecular weight excluding hydrogens is 512 g/mol. The Kier molecular flexibility index (Phi) is 4.90. The molecular formula is C39H24N2O. The third-order valence-corrected chi connectivity index (χ3v) is 8.39. The smallest absolute Gasteiger partial charge is 0.145 e. The van der Waals surface area contributed by atoms with Crippen molar-refractivity contribution in [3.63, 3.8) is 0 Å². The van der Waals surface area contributed by atoms with E-state index in [2.05, 4.69) is 138 Å². The zero-order valence-electron chi connectivity index (χ0n) is 22.7. The molecule has 2 aromatic heterocycles. The van der Waals surface area contributed by atoms with Crippen molar-refractivity contribution in [3.8, 4) is 28.2 Å². The van der Waals surface area contributed by atoms with Gasteiger partial charge in [0, 0.05) is 27.3 Å². The molecule has 0 aliphatic heterocycles. The molecule has 0 atom stereocenters. The van der Waals surface area contributed by atoms with Gasteiger partial charge in [-0.15, -0.1) is 0 Å². The van der Waals surface area contributed by atoms with Crippen molar-refractivity contribution in [3.05, 3.63) is 146 Å². The summed E-state index contributed by atoms with van der Waals surface area (Å²) in [7, 11) is 0. The Morgan fingerprint density at radius 3 is 2.10 bits per heavy atom. The molecule has 0 bridgehead atoms. The van der Waals surface area contributed by atoms with E-state index in [9.17, 15) is 0 Å². The van der Waals surface area contributed by atoms with E-state index in [1.54, 1.807) is 0 Å². The van der Waals surface area contributed by atoms with Gasteiger partial charge < -0.3 is 4.42 Å². The molecule has 0 saturated heterocycles. The minimum absolute atomic E-state index is 0.905. The molecule has 0 unspecified atom stereocenters. The first kappa shape index (κ1) is 23.1. The van der Waals surface area contributed by atoms with Crippen molar-refractivity contribution >= 4 is 54.5 Å².